The highest BCUT2D eigenvalue weighted by atomic mass is 16.5. The molecular weight excluding hydrogens is 252 g/mol. The SMILES string of the molecule is CCCCOc1ccccc1/C(=C\OC)n1ccnc1. The summed E-state index contributed by atoms with van der Waals surface area (Å²) in [5.74, 6) is 0.859. The van der Waals surface area contributed by atoms with E-state index in [2.05, 4.69) is 11.9 Å². The van der Waals surface area contributed by atoms with E-state index in [9.17, 15) is 0 Å². The number of methoxy groups -OCH3 is 1. The second-order valence-electron chi connectivity index (χ2n) is 4.41. The maximum atomic E-state index is 5.87. The minimum atomic E-state index is 0.720. The Morgan fingerprint density at radius 3 is 2.90 bits per heavy atom. The molecule has 0 bridgehead atoms. The maximum absolute atomic E-state index is 5.87. The average Bonchev–Trinajstić information content (AvgIpc) is 3.00. The van der Waals surface area contributed by atoms with Crippen LogP contribution in [0.25, 0.3) is 5.70 Å². The summed E-state index contributed by atoms with van der Waals surface area (Å²) in [6, 6.07) is 7.96. The lowest BCUT2D eigenvalue weighted by Gasteiger charge is -2.14. The van der Waals surface area contributed by atoms with E-state index in [0.717, 1.165) is 36.5 Å². The fraction of sp³-hybridized carbons (Fsp3) is 0.312. The molecule has 4 nitrogen and oxygen atoms in total. The van der Waals surface area contributed by atoms with Crippen LogP contribution in [0, 0.1) is 0 Å². The Hall–Kier alpha value is -2.23. The van der Waals surface area contributed by atoms with E-state index in [1.54, 1.807) is 25.9 Å². The third-order valence-electron chi connectivity index (χ3n) is 2.93. The second-order valence-corrected chi connectivity index (χ2v) is 4.41. The summed E-state index contributed by atoms with van der Waals surface area (Å²) in [7, 11) is 1.64. The summed E-state index contributed by atoms with van der Waals surface area (Å²) in [6.07, 6.45) is 9.22. The number of aromatic nitrogens is 2. The topological polar surface area (TPSA) is 36.3 Å². The molecule has 1 heterocycles. The van der Waals surface area contributed by atoms with Crippen LogP contribution < -0.4 is 4.74 Å². The molecule has 1 aromatic carbocycles. The predicted molar refractivity (Wildman–Crippen MR) is 79.5 cm³/mol. The first-order valence-electron chi connectivity index (χ1n) is 6.80. The number of hydrogen-bond donors (Lipinski definition) is 0. The van der Waals surface area contributed by atoms with E-state index in [0.29, 0.717) is 0 Å². The van der Waals surface area contributed by atoms with E-state index >= 15 is 0 Å². The molecule has 0 saturated carbocycles. The Balaban J connectivity index is 2.31. The highest BCUT2D eigenvalue weighted by molar-refractivity contribution is 5.69. The largest absolute Gasteiger partial charge is 0.502 e. The number of imidazole rings is 1. The minimum absolute atomic E-state index is 0.720. The summed E-state index contributed by atoms with van der Waals surface area (Å²) in [5.41, 5.74) is 1.89. The van der Waals surface area contributed by atoms with Crippen molar-refractivity contribution in [1.29, 1.82) is 0 Å². The van der Waals surface area contributed by atoms with Crippen molar-refractivity contribution in [2.75, 3.05) is 13.7 Å². The zero-order chi connectivity index (χ0) is 14.2. The molecule has 4 heteroatoms. The molecule has 0 atom stereocenters. The lowest BCUT2D eigenvalue weighted by atomic mass is 10.1. The van der Waals surface area contributed by atoms with Crippen molar-refractivity contribution in [3.63, 3.8) is 0 Å². The first-order valence-corrected chi connectivity index (χ1v) is 6.80. The van der Waals surface area contributed by atoms with Crippen LogP contribution in [0.1, 0.15) is 25.3 Å². The zero-order valence-corrected chi connectivity index (χ0v) is 12.0. The standard InChI is InChI=1S/C16H20N2O2/c1-3-4-11-20-16-8-6-5-7-14(16)15(12-19-2)18-10-9-17-13-18/h5-10,12-13H,3-4,11H2,1-2H3/b15-12+. The van der Waals surface area contributed by atoms with Crippen LogP contribution in [0.4, 0.5) is 0 Å². The van der Waals surface area contributed by atoms with Crippen LogP contribution in [0.15, 0.2) is 49.2 Å². The van der Waals surface area contributed by atoms with Crippen molar-refractivity contribution in [2.45, 2.75) is 19.8 Å². The van der Waals surface area contributed by atoms with Gasteiger partial charge in [0, 0.05) is 18.0 Å². The Labute approximate surface area is 119 Å². The number of para-hydroxylation sites is 1. The van der Waals surface area contributed by atoms with Crippen molar-refractivity contribution < 1.29 is 9.47 Å². The Kier molecular flexibility index (Phi) is 5.24. The van der Waals surface area contributed by atoms with Crippen molar-refractivity contribution in [3.8, 4) is 5.75 Å². The van der Waals surface area contributed by atoms with Crippen molar-refractivity contribution in [1.82, 2.24) is 9.55 Å². The molecule has 0 aliphatic carbocycles. The molecule has 0 radical (unpaired) electrons. The highest BCUT2D eigenvalue weighted by Crippen LogP contribution is 2.27. The highest BCUT2D eigenvalue weighted by Gasteiger charge is 2.10. The molecule has 2 aromatic rings. The number of rotatable bonds is 7. The van der Waals surface area contributed by atoms with Gasteiger partial charge in [-0.25, -0.2) is 4.98 Å². The molecule has 2 rings (SSSR count). The van der Waals surface area contributed by atoms with Gasteiger partial charge in [-0.05, 0) is 18.6 Å². The van der Waals surface area contributed by atoms with Crippen LogP contribution in [-0.2, 0) is 4.74 Å². The van der Waals surface area contributed by atoms with Gasteiger partial charge in [0.2, 0.25) is 0 Å². The number of nitrogens with zero attached hydrogens (tertiary/aromatic N) is 2. The molecule has 20 heavy (non-hydrogen) atoms. The molecule has 0 saturated heterocycles. The van der Waals surface area contributed by atoms with Gasteiger partial charge in [0.15, 0.2) is 0 Å². The van der Waals surface area contributed by atoms with Crippen molar-refractivity contribution in [2.24, 2.45) is 0 Å². The summed E-state index contributed by atoms with van der Waals surface area (Å²) < 4.78 is 13.0. The molecule has 106 valence electrons. The molecule has 0 unspecified atom stereocenters. The molecule has 1 aromatic heterocycles. The lowest BCUT2D eigenvalue weighted by Crippen LogP contribution is -2.03. The van der Waals surface area contributed by atoms with Crippen molar-refractivity contribution in [3.05, 3.63) is 54.8 Å². The summed E-state index contributed by atoms with van der Waals surface area (Å²) >= 11 is 0. The third-order valence-corrected chi connectivity index (χ3v) is 2.93. The van der Waals surface area contributed by atoms with Crippen LogP contribution >= 0.6 is 0 Å². The van der Waals surface area contributed by atoms with Gasteiger partial charge in [0.05, 0.1) is 25.7 Å². The normalized spacial score (nSPS) is 11.4. The van der Waals surface area contributed by atoms with E-state index < -0.39 is 0 Å². The summed E-state index contributed by atoms with van der Waals surface area (Å²) in [5, 5.41) is 0. The molecule has 0 amide bonds. The van der Waals surface area contributed by atoms with Gasteiger partial charge < -0.3 is 14.0 Å². The number of unbranched alkanes of at least 4 members (excludes halogenated alkanes) is 1. The molecule has 0 aliphatic heterocycles. The smallest absolute Gasteiger partial charge is 0.128 e. The predicted octanol–water partition coefficient (Wildman–Crippen LogP) is 3.56. The van der Waals surface area contributed by atoms with E-state index in [-0.39, 0.29) is 0 Å². The van der Waals surface area contributed by atoms with Gasteiger partial charge in [0.1, 0.15) is 12.0 Å². The third kappa shape index (κ3) is 3.41. The molecule has 0 fully saturated rings. The summed E-state index contributed by atoms with van der Waals surface area (Å²) in [6.45, 7) is 2.87. The van der Waals surface area contributed by atoms with Gasteiger partial charge in [-0.1, -0.05) is 25.5 Å². The van der Waals surface area contributed by atoms with Crippen LogP contribution in [0.5, 0.6) is 5.75 Å². The maximum Gasteiger partial charge on any atom is 0.128 e. The van der Waals surface area contributed by atoms with E-state index in [1.807, 2.05) is 35.0 Å². The van der Waals surface area contributed by atoms with Gasteiger partial charge >= 0.3 is 0 Å². The molecule has 0 spiro atoms. The van der Waals surface area contributed by atoms with Gasteiger partial charge in [-0.15, -0.1) is 0 Å². The Morgan fingerprint density at radius 2 is 2.20 bits per heavy atom. The molecule has 0 aliphatic rings. The van der Waals surface area contributed by atoms with Crippen molar-refractivity contribution >= 4 is 5.70 Å². The first-order chi connectivity index (χ1) is 9.86. The fourth-order valence-electron chi connectivity index (χ4n) is 1.91. The quantitative estimate of drug-likeness (QED) is 0.571. The Bertz CT molecular complexity index is 547. The Morgan fingerprint density at radius 1 is 1.35 bits per heavy atom. The number of ether oxygens (including phenoxy) is 2. The molecule has 0 N–H and O–H groups in total. The molecular formula is C16H20N2O2. The first kappa shape index (κ1) is 14.2. The number of hydrogen-bond acceptors (Lipinski definition) is 3. The fourth-order valence-corrected chi connectivity index (χ4v) is 1.91. The number of benzene rings is 1. The van der Waals surface area contributed by atoms with E-state index in [1.165, 1.54) is 0 Å². The lowest BCUT2D eigenvalue weighted by molar-refractivity contribution is 0.307. The van der Waals surface area contributed by atoms with Gasteiger partial charge in [0.25, 0.3) is 0 Å². The minimum Gasteiger partial charge on any atom is -0.502 e. The van der Waals surface area contributed by atoms with Crippen LogP contribution in [0.3, 0.4) is 0 Å². The summed E-state index contributed by atoms with van der Waals surface area (Å²) in [4.78, 5) is 4.08. The van der Waals surface area contributed by atoms with Crippen LogP contribution in [0.2, 0.25) is 0 Å². The zero-order valence-electron chi connectivity index (χ0n) is 12.0. The van der Waals surface area contributed by atoms with E-state index in [4.69, 9.17) is 9.47 Å². The monoisotopic (exact) mass is 272 g/mol. The van der Waals surface area contributed by atoms with Gasteiger partial charge in [-0.2, -0.15) is 0 Å². The average molecular weight is 272 g/mol. The second kappa shape index (κ2) is 7.38. The van der Waals surface area contributed by atoms with Gasteiger partial charge in [-0.3, -0.25) is 0 Å². The van der Waals surface area contributed by atoms with Crippen LogP contribution in [-0.4, -0.2) is 23.3 Å².